The van der Waals surface area contributed by atoms with Gasteiger partial charge in [-0.2, -0.15) is 5.10 Å². The van der Waals surface area contributed by atoms with Gasteiger partial charge in [-0.05, 0) is 26.2 Å². The number of aromatic nitrogens is 3. The molecule has 0 bridgehead atoms. The number of rotatable bonds is 2. The summed E-state index contributed by atoms with van der Waals surface area (Å²) in [7, 11) is 1.90. The summed E-state index contributed by atoms with van der Waals surface area (Å²) in [6, 6.07) is 0.126. The van der Waals surface area contributed by atoms with Crippen molar-refractivity contribution < 1.29 is 4.79 Å². The molecule has 0 aromatic carbocycles. The second-order valence-electron chi connectivity index (χ2n) is 6.32. The molecule has 3 heterocycles. The second-order valence-corrected chi connectivity index (χ2v) is 7.56. The van der Waals surface area contributed by atoms with Gasteiger partial charge in [0.05, 0.1) is 21.6 Å². The number of nitrogens with zero attached hydrogens (tertiary/aromatic N) is 3. The number of carbonyl (C=O) groups is 1. The van der Waals surface area contributed by atoms with Gasteiger partial charge in [-0.3, -0.25) is 9.89 Å². The minimum absolute atomic E-state index is 0.00935. The van der Waals surface area contributed by atoms with Crippen molar-refractivity contribution in [2.75, 3.05) is 13.6 Å². The van der Waals surface area contributed by atoms with Crippen LogP contribution in [0.15, 0.2) is 0 Å². The summed E-state index contributed by atoms with van der Waals surface area (Å²) >= 11 is 1.72. The predicted molar refractivity (Wildman–Crippen MR) is 88.6 cm³/mol. The topological polar surface area (TPSA) is 73.9 Å². The lowest BCUT2D eigenvalue weighted by molar-refractivity contribution is 0.0710. The first kappa shape index (κ1) is 14.8. The lowest BCUT2D eigenvalue weighted by Gasteiger charge is -2.30. The van der Waals surface area contributed by atoms with Crippen molar-refractivity contribution in [1.29, 1.82) is 0 Å². The molecular weight excluding hydrogens is 310 g/mol. The van der Waals surface area contributed by atoms with Crippen LogP contribution in [0, 0.1) is 6.92 Å². The maximum atomic E-state index is 13.0. The summed E-state index contributed by atoms with van der Waals surface area (Å²) in [6.07, 6.45) is 4.02. The summed E-state index contributed by atoms with van der Waals surface area (Å²) in [5.41, 5.74) is 3.88. The van der Waals surface area contributed by atoms with E-state index in [2.05, 4.69) is 20.5 Å². The minimum atomic E-state index is 0.00935. The first-order valence-corrected chi connectivity index (χ1v) is 8.97. The number of hydrogen-bond acceptors (Lipinski definition) is 5. The number of aromatic amines is 1. The fraction of sp³-hybridized carbons (Fsp3) is 0.562. The van der Waals surface area contributed by atoms with E-state index >= 15 is 0 Å². The number of aryl methyl sites for hydroxylation is 2. The van der Waals surface area contributed by atoms with Gasteiger partial charge in [-0.25, -0.2) is 4.98 Å². The Hall–Kier alpha value is -1.73. The van der Waals surface area contributed by atoms with Crippen LogP contribution < -0.4 is 5.32 Å². The monoisotopic (exact) mass is 331 g/mol. The van der Waals surface area contributed by atoms with E-state index in [0.29, 0.717) is 5.69 Å². The van der Waals surface area contributed by atoms with Gasteiger partial charge in [0.2, 0.25) is 0 Å². The zero-order chi connectivity index (χ0) is 16.0. The predicted octanol–water partition coefficient (Wildman–Crippen LogP) is 1.97. The SMILES string of the molecule is Cc1nc2c(s1)C(N(C)C(=O)c1n[nH]c3c1CNCC3)CCC2. The molecule has 6 nitrogen and oxygen atoms in total. The number of nitrogens with one attached hydrogen (secondary N) is 2. The van der Waals surface area contributed by atoms with E-state index in [1.807, 2.05) is 18.9 Å². The van der Waals surface area contributed by atoms with Crippen LogP contribution in [-0.4, -0.2) is 39.6 Å². The minimum Gasteiger partial charge on any atom is -0.332 e. The Morgan fingerprint density at radius 1 is 1.39 bits per heavy atom. The first-order chi connectivity index (χ1) is 11.1. The third kappa shape index (κ3) is 2.48. The van der Waals surface area contributed by atoms with Crippen LogP contribution in [0.5, 0.6) is 0 Å². The van der Waals surface area contributed by atoms with E-state index in [4.69, 9.17) is 0 Å². The van der Waals surface area contributed by atoms with Gasteiger partial charge in [0, 0.05) is 37.8 Å². The second kappa shape index (κ2) is 5.72. The van der Waals surface area contributed by atoms with Crippen LogP contribution in [0.4, 0.5) is 0 Å². The number of fused-ring (bicyclic) bond motifs is 2. The molecule has 122 valence electrons. The highest BCUT2D eigenvalue weighted by molar-refractivity contribution is 7.11. The van der Waals surface area contributed by atoms with Gasteiger partial charge < -0.3 is 10.2 Å². The molecule has 1 aliphatic carbocycles. The van der Waals surface area contributed by atoms with Crippen molar-refractivity contribution in [1.82, 2.24) is 25.4 Å². The van der Waals surface area contributed by atoms with Gasteiger partial charge in [-0.1, -0.05) is 0 Å². The molecule has 1 amide bonds. The van der Waals surface area contributed by atoms with E-state index in [-0.39, 0.29) is 11.9 Å². The van der Waals surface area contributed by atoms with Crippen LogP contribution in [-0.2, 0) is 19.4 Å². The summed E-state index contributed by atoms with van der Waals surface area (Å²) in [4.78, 5) is 20.7. The average Bonchev–Trinajstić information content (AvgIpc) is 3.15. The van der Waals surface area contributed by atoms with E-state index in [1.54, 1.807) is 11.3 Å². The van der Waals surface area contributed by atoms with Crippen LogP contribution in [0.25, 0.3) is 0 Å². The van der Waals surface area contributed by atoms with Gasteiger partial charge in [-0.15, -0.1) is 11.3 Å². The molecule has 0 saturated carbocycles. The summed E-state index contributed by atoms with van der Waals surface area (Å²) in [5, 5.41) is 11.8. The normalized spacial score (nSPS) is 20.0. The summed E-state index contributed by atoms with van der Waals surface area (Å²) < 4.78 is 0. The number of hydrogen-bond donors (Lipinski definition) is 2. The molecule has 2 aromatic rings. The third-order valence-electron chi connectivity index (χ3n) is 4.83. The van der Waals surface area contributed by atoms with E-state index in [0.717, 1.165) is 55.0 Å². The Balaban J connectivity index is 1.63. The molecule has 2 aliphatic rings. The van der Waals surface area contributed by atoms with Gasteiger partial charge in [0.25, 0.3) is 5.91 Å². The maximum absolute atomic E-state index is 13.0. The smallest absolute Gasteiger partial charge is 0.274 e. The molecule has 23 heavy (non-hydrogen) atoms. The molecule has 2 N–H and O–H groups in total. The van der Waals surface area contributed by atoms with Crippen molar-refractivity contribution in [3.63, 3.8) is 0 Å². The molecule has 1 atom stereocenters. The molecule has 4 rings (SSSR count). The summed E-state index contributed by atoms with van der Waals surface area (Å²) in [5.74, 6) is 0.00935. The van der Waals surface area contributed by atoms with Crippen LogP contribution in [0.3, 0.4) is 0 Å². The van der Waals surface area contributed by atoms with E-state index in [1.165, 1.54) is 10.6 Å². The fourth-order valence-electron chi connectivity index (χ4n) is 3.60. The average molecular weight is 331 g/mol. The third-order valence-corrected chi connectivity index (χ3v) is 5.94. The molecule has 2 aromatic heterocycles. The first-order valence-electron chi connectivity index (χ1n) is 8.15. The molecule has 0 spiro atoms. The van der Waals surface area contributed by atoms with Crippen molar-refractivity contribution in [2.24, 2.45) is 0 Å². The van der Waals surface area contributed by atoms with Crippen LogP contribution in [0.2, 0.25) is 0 Å². The highest BCUT2D eigenvalue weighted by Gasteiger charge is 2.32. The van der Waals surface area contributed by atoms with Crippen molar-refractivity contribution in [3.8, 4) is 0 Å². The number of carbonyl (C=O) groups excluding carboxylic acids is 1. The highest BCUT2D eigenvalue weighted by Crippen LogP contribution is 2.38. The Labute approximate surface area is 139 Å². The molecule has 7 heteroatoms. The number of H-pyrrole nitrogens is 1. The van der Waals surface area contributed by atoms with Crippen LogP contribution >= 0.6 is 11.3 Å². The fourth-order valence-corrected chi connectivity index (χ4v) is 4.75. The molecule has 1 unspecified atom stereocenters. The molecule has 0 fully saturated rings. The van der Waals surface area contributed by atoms with Crippen LogP contribution in [0.1, 0.15) is 56.2 Å². The lowest BCUT2D eigenvalue weighted by Crippen LogP contribution is -2.34. The van der Waals surface area contributed by atoms with Gasteiger partial charge in [0.1, 0.15) is 0 Å². The number of amides is 1. The molecule has 0 radical (unpaired) electrons. The standard InChI is InChI=1S/C16H21N5OS/c1-9-18-12-4-3-5-13(15(12)23-9)21(2)16(22)14-10-8-17-7-6-11(10)19-20-14/h13,17H,3-8H2,1-2H3,(H,19,20). The zero-order valence-corrected chi connectivity index (χ0v) is 14.3. The van der Waals surface area contributed by atoms with Crippen molar-refractivity contribution in [2.45, 2.75) is 45.2 Å². The Morgan fingerprint density at radius 2 is 2.26 bits per heavy atom. The molecule has 1 aliphatic heterocycles. The summed E-state index contributed by atoms with van der Waals surface area (Å²) in [6.45, 7) is 3.69. The largest absolute Gasteiger partial charge is 0.332 e. The molecular formula is C16H21N5OS. The van der Waals surface area contributed by atoms with Gasteiger partial charge in [0.15, 0.2) is 5.69 Å². The Kier molecular flexibility index (Phi) is 3.69. The quantitative estimate of drug-likeness (QED) is 0.882. The lowest BCUT2D eigenvalue weighted by atomic mass is 9.96. The van der Waals surface area contributed by atoms with E-state index in [9.17, 15) is 4.79 Å². The maximum Gasteiger partial charge on any atom is 0.274 e. The van der Waals surface area contributed by atoms with Crippen molar-refractivity contribution >= 4 is 17.2 Å². The Morgan fingerprint density at radius 3 is 3.13 bits per heavy atom. The highest BCUT2D eigenvalue weighted by atomic mass is 32.1. The van der Waals surface area contributed by atoms with Crippen molar-refractivity contribution in [3.05, 3.63) is 32.5 Å². The van der Waals surface area contributed by atoms with Gasteiger partial charge >= 0.3 is 0 Å². The molecule has 0 saturated heterocycles. The Bertz CT molecular complexity index is 750. The number of thiazole rings is 1. The zero-order valence-electron chi connectivity index (χ0n) is 13.5. The van der Waals surface area contributed by atoms with E-state index < -0.39 is 0 Å².